The normalized spacial score (nSPS) is 13.5. The highest BCUT2D eigenvalue weighted by Gasteiger charge is 2.41. The monoisotopic (exact) mass is 524 g/mol. The molecule has 0 radical (unpaired) electrons. The zero-order chi connectivity index (χ0) is 25.6. The van der Waals surface area contributed by atoms with Crippen molar-refractivity contribution < 1.29 is 52.8 Å². The molecular weight excluding hydrogens is 506 g/mol. The van der Waals surface area contributed by atoms with Gasteiger partial charge in [-0.15, -0.1) is 0 Å². The molecule has 0 aliphatic heterocycles. The van der Waals surface area contributed by atoms with E-state index >= 15 is 0 Å². The summed E-state index contributed by atoms with van der Waals surface area (Å²) in [7, 11) is -7.62. The molecule has 0 amide bonds. The van der Waals surface area contributed by atoms with Crippen LogP contribution in [0.3, 0.4) is 0 Å². The van der Waals surface area contributed by atoms with Crippen molar-refractivity contribution in [2.75, 3.05) is 6.61 Å². The fraction of sp³-hybridized carbons (Fsp3) is 0.368. The predicted octanol–water partition coefficient (Wildman–Crippen LogP) is 5.02. The van der Waals surface area contributed by atoms with E-state index in [1.165, 1.54) is 6.92 Å². The molecule has 0 saturated carbocycles. The molecule has 1 unspecified atom stereocenters. The van der Waals surface area contributed by atoms with Crippen molar-refractivity contribution in [3.05, 3.63) is 58.2 Å². The quantitative estimate of drug-likeness (QED) is 0.219. The second-order valence-corrected chi connectivity index (χ2v) is 15.7. The summed E-state index contributed by atoms with van der Waals surface area (Å²) >= 11 is 0. The molecule has 0 spiro atoms. The molecule has 0 fully saturated rings. The van der Waals surface area contributed by atoms with Crippen LogP contribution in [0.1, 0.15) is 6.92 Å². The molecule has 2 nitrogen and oxygen atoms in total. The lowest BCUT2D eigenvalue weighted by Crippen LogP contribution is -2.54. The van der Waals surface area contributed by atoms with E-state index in [9.17, 15) is 43.9 Å². The molecular formula is C19H18F10O2Si2. The van der Waals surface area contributed by atoms with E-state index in [0.717, 1.165) is 26.2 Å². The Morgan fingerprint density at radius 2 is 0.788 bits per heavy atom. The van der Waals surface area contributed by atoms with Gasteiger partial charge in [-0.2, -0.15) is 0 Å². The van der Waals surface area contributed by atoms with Crippen molar-refractivity contribution in [2.24, 2.45) is 0 Å². The lowest BCUT2D eigenvalue weighted by molar-refractivity contribution is 0.135. The summed E-state index contributed by atoms with van der Waals surface area (Å²) in [5.41, 5.74) is 0. The summed E-state index contributed by atoms with van der Waals surface area (Å²) < 4.78 is 148. The maximum absolute atomic E-state index is 14.2. The average Bonchev–Trinajstić information content (AvgIpc) is 2.71. The predicted molar refractivity (Wildman–Crippen MR) is 103 cm³/mol. The van der Waals surface area contributed by atoms with Crippen LogP contribution in [0.15, 0.2) is 0 Å². The summed E-state index contributed by atoms with van der Waals surface area (Å²) in [6, 6.07) is 0. The Kier molecular flexibility index (Phi) is 7.78. The van der Waals surface area contributed by atoms with Crippen LogP contribution in [0, 0.1) is 58.2 Å². The van der Waals surface area contributed by atoms with Crippen molar-refractivity contribution in [1.82, 2.24) is 0 Å². The third-order valence-electron chi connectivity index (χ3n) is 4.80. The van der Waals surface area contributed by atoms with E-state index in [-0.39, 0.29) is 0 Å². The van der Waals surface area contributed by atoms with E-state index in [1.54, 1.807) is 0 Å². The van der Waals surface area contributed by atoms with Crippen molar-refractivity contribution >= 4 is 27.0 Å². The third kappa shape index (κ3) is 4.98. The fourth-order valence-corrected chi connectivity index (χ4v) is 7.80. The van der Waals surface area contributed by atoms with Crippen LogP contribution in [-0.4, -0.2) is 29.3 Å². The van der Waals surface area contributed by atoms with Crippen LogP contribution in [0.25, 0.3) is 0 Å². The largest absolute Gasteiger partial charge is 0.410 e. The molecule has 0 N–H and O–H groups in total. The van der Waals surface area contributed by atoms with E-state index in [1.807, 2.05) is 0 Å². The van der Waals surface area contributed by atoms with Gasteiger partial charge in [0.25, 0.3) is 0 Å². The van der Waals surface area contributed by atoms with Gasteiger partial charge in [0.05, 0.1) is 12.7 Å². The molecule has 0 heterocycles. The smallest absolute Gasteiger partial charge is 0.225 e. The maximum atomic E-state index is 14.2. The Balaban J connectivity index is 2.29. The summed E-state index contributed by atoms with van der Waals surface area (Å²) in [6.07, 6.45) is -1.12. The summed E-state index contributed by atoms with van der Waals surface area (Å²) in [5.74, 6) is -21.4. The highest BCUT2D eigenvalue weighted by Crippen LogP contribution is 2.23. The standard InChI is InChI=1S/C19H18F10O2Si2/c1-7(31-33(4,5)19-16(28)12(24)9(21)13(25)17(19)29)6-30-32(2,3)18-14(26)10(22)8(20)11(23)15(18)27/h7H,6H2,1-5H3. The third-order valence-corrected chi connectivity index (χ3v) is 9.96. The molecule has 14 heteroatoms. The second-order valence-electron chi connectivity index (χ2n) is 8.15. The van der Waals surface area contributed by atoms with Gasteiger partial charge in [0.1, 0.15) is 0 Å². The van der Waals surface area contributed by atoms with Crippen LogP contribution in [-0.2, 0) is 8.85 Å². The fourth-order valence-electron chi connectivity index (χ4n) is 3.26. The van der Waals surface area contributed by atoms with E-state index < -0.39 is 97.9 Å². The molecule has 33 heavy (non-hydrogen) atoms. The van der Waals surface area contributed by atoms with Gasteiger partial charge in [-0.25, -0.2) is 43.9 Å². The van der Waals surface area contributed by atoms with Crippen molar-refractivity contribution in [1.29, 1.82) is 0 Å². The molecule has 0 aliphatic rings. The number of hydrogen-bond donors (Lipinski definition) is 0. The zero-order valence-electron chi connectivity index (χ0n) is 17.9. The van der Waals surface area contributed by atoms with Crippen molar-refractivity contribution in [2.45, 2.75) is 39.2 Å². The molecule has 2 rings (SSSR count). The first-order valence-corrected chi connectivity index (χ1v) is 15.1. The number of rotatable bonds is 7. The maximum Gasteiger partial charge on any atom is 0.225 e. The Hall–Kier alpha value is -1.91. The van der Waals surface area contributed by atoms with Gasteiger partial charge in [0, 0.05) is 10.4 Å². The van der Waals surface area contributed by atoms with Gasteiger partial charge in [-0.3, -0.25) is 0 Å². The van der Waals surface area contributed by atoms with Gasteiger partial charge in [0.2, 0.25) is 28.3 Å². The highest BCUT2D eigenvalue weighted by molar-refractivity contribution is 6.85. The zero-order valence-corrected chi connectivity index (χ0v) is 19.9. The van der Waals surface area contributed by atoms with E-state index in [0.29, 0.717) is 0 Å². The number of benzene rings is 2. The van der Waals surface area contributed by atoms with Crippen molar-refractivity contribution in [3.8, 4) is 0 Å². The first kappa shape index (κ1) is 27.3. The molecule has 1 atom stereocenters. The molecule has 184 valence electrons. The summed E-state index contributed by atoms with van der Waals surface area (Å²) in [5, 5.41) is -2.25. The van der Waals surface area contributed by atoms with Gasteiger partial charge in [-0.1, -0.05) is 0 Å². The van der Waals surface area contributed by atoms with E-state index in [2.05, 4.69) is 0 Å². The molecule has 0 saturated heterocycles. The molecule has 0 bridgehead atoms. The Labute approximate surface area is 184 Å². The first-order chi connectivity index (χ1) is 15.0. The highest BCUT2D eigenvalue weighted by atomic mass is 28.4. The number of hydrogen-bond acceptors (Lipinski definition) is 2. The molecule has 2 aromatic rings. The lowest BCUT2D eigenvalue weighted by Gasteiger charge is -2.31. The SMILES string of the molecule is CC(CO[Si](C)(C)c1c(F)c(F)c(F)c(F)c1F)O[Si](C)(C)c1c(F)c(F)c(F)c(F)c1F. The Bertz CT molecular complexity index is 1030. The number of halogens is 10. The van der Waals surface area contributed by atoms with E-state index in [4.69, 9.17) is 8.85 Å². The second kappa shape index (κ2) is 9.39. The molecule has 0 aromatic heterocycles. The van der Waals surface area contributed by atoms with Gasteiger partial charge < -0.3 is 8.85 Å². The molecule has 0 aliphatic carbocycles. The Morgan fingerprint density at radius 3 is 1.12 bits per heavy atom. The summed E-state index contributed by atoms with van der Waals surface area (Å²) in [6.45, 7) is 5.33. The Morgan fingerprint density at radius 1 is 0.515 bits per heavy atom. The van der Waals surface area contributed by atoms with Crippen LogP contribution < -0.4 is 10.4 Å². The minimum Gasteiger partial charge on any atom is -0.410 e. The van der Waals surface area contributed by atoms with Gasteiger partial charge >= 0.3 is 0 Å². The summed E-state index contributed by atoms with van der Waals surface area (Å²) in [4.78, 5) is 0. The van der Waals surface area contributed by atoms with Crippen LogP contribution in [0.5, 0.6) is 0 Å². The minimum atomic E-state index is -3.82. The van der Waals surface area contributed by atoms with Crippen molar-refractivity contribution in [3.63, 3.8) is 0 Å². The first-order valence-electron chi connectivity index (χ1n) is 9.31. The average molecular weight is 525 g/mol. The minimum absolute atomic E-state index is 0.537. The van der Waals surface area contributed by atoms with Crippen LogP contribution in [0.2, 0.25) is 26.2 Å². The van der Waals surface area contributed by atoms with Gasteiger partial charge in [-0.05, 0) is 33.1 Å². The molecule has 2 aromatic carbocycles. The van der Waals surface area contributed by atoms with Crippen LogP contribution >= 0.6 is 0 Å². The van der Waals surface area contributed by atoms with Crippen LogP contribution in [0.4, 0.5) is 43.9 Å². The topological polar surface area (TPSA) is 18.5 Å². The van der Waals surface area contributed by atoms with Gasteiger partial charge in [0.15, 0.2) is 46.5 Å². The lowest BCUT2D eigenvalue weighted by atomic mass is 10.3.